The molecule has 0 amide bonds. The Labute approximate surface area is 87.9 Å². The molecule has 2 atom stereocenters. The van der Waals surface area contributed by atoms with Gasteiger partial charge in [0.05, 0.1) is 6.21 Å². The summed E-state index contributed by atoms with van der Waals surface area (Å²) in [6.07, 6.45) is 2.70. The number of furan rings is 1. The zero-order valence-electron chi connectivity index (χ0n) is 8.55. The predicted octanol–water partition coefficient (Wildman–Crippen LogP) is 1.01. The lowest BCUT2D eigenvalue weighted by Gasteiger charge is -1.89. The molecular weight excluding hydrogens is 192 g/mol. The maximum atomic E-state index is 5.56. The van der Waals surface area contributed by atoms with E-state index in [1.54, 1.807) is 0 Å². The Balaban J connectivity index is 2.01. The van der Waals surface area contributed by atoms with Gasteiger partial charge in [0.2, 0.25) is 5.96 Å². The molecule has 0 aromatic carbocycles. The van der Waals surface area contributed by atoms with Crippen molar-refractivity contribution in [1.29, 1.82) is 0 Å². The van der Waals surface area contributed by atoms with Gasteiger partial charge in [-0.05, 0) is 24.5 Å². The van der Waals surface area contributed by atoms with Crippen molar-refractivity contribution in [3.63, 3.8) is 0 Å². The molecule has 5 heteroatoms. The highest BCUT2D eigenvalue weighted by atomic mass is 16.3. The fourth-order valence-electron chi connectivity index (χ4n) is 1.51. The van der Waals surface area contributed by atoms with Crippen molar-refractivity contribution in [2.45, 2.75) is 19.3 Å². The first-order chi connectivity index (χ1) is 7.16. The normalized spacial score (nSPS) is 24.3. The Morgan fingerprint density at radius 3 is 2.87 bits per heavy atom. The molecule has 1 aliphatic rings. The highest BCUT2D eigenvalue weighted by Crippen LogP contribution is 2.47. The quantitative estimate of drug-likeness (QED) is 0.439. The summed E-state index contributed by atoms with van der Waals surface area (Å²) in [7, 11) is 0. The molecule has 2 unspecified atom stereocenters. The van der Waals surface area contributed by atoms with Gasteiger partial charge in [0, 0.05) is 5.92 Å². The van der Waals surface area contributed by atoms with Crippen LogP contribution in [-0.4, -0.2) is 12.2 Å². The first-order valence-corrected chi connectivity index (χ1v) is 4.88. The van der Waals surface area contributed by atoms with Gasteiger partial charge < -0.3 is 15.9 Å². The Hall–Kier alpha value is -1.78. The van der Waals surface area contributed by atoms with E-state index in [-0.39, 0.29) is 5.96 Å². The van der Waals surface area contributed by atoms with Crippen molar-refractivity contribution in [2.75, 3.05) is 0 Å². The van der Waals surface area contributed by atoms with E-state index in [1.165, 1.54) is 12.6 Å². The van der Waals surface area contributed by atoms with E-state index in [4.69, 9.17) is 15.9 Å². The van der Waals surface area contributed by atoms with Crippen molar-refractivity contribution < 1.29 is 4.42 Å². The summed E-state index contributed by atoms with van der Waals surface area (Å²) in [6.45, 7) is 2.21. The van der Waals surface area contributed by atoms with Crippen molar-refractivity contribution in [3.8, 4) is 0 Å². The van der Waals surface area contributed by atoms with Crippen molar-refractivity contribution in [2.24, 2.45) is 27.6 Å². The summed E-state index contributed by atoms with van der Waals surface area (Å²) in [5, 5.41) is 7.16. The smallest absolute Gasteiger partial charge is 0.211 e. The molecule has 0 radical (unpaired) electrons. The van der Waals surface area contributed by atoms with Crippen LogP contribution in [0.2, 0.25) is 0 Å². The number of rotatable bonds is 3. The monoisotopic (exact) mass is 206 g/mol. The van der Waals surface area contributed by atoms with Crippen LogP contribution in [0.25, 0.3) is 0 Å². The topological polar surface area (TPSA) is 89.9 Å². The van der Waals surface area contributed by atoms with Crippen LogP contribution in [0.1, 0.15) is 30.8 Å². The molecule has 4 N–H and O–H groups in total. The summed E-state index contributed by atoms with van der Waals surface area (Å²) in [4.78, 5) is 0. The summed E-state index contributed by atoms with van der Waals surface area (Å²) in [6, 6.07) is 3.84. The minimum Gasteiger partial charge on any atom is -0.460 e. The fraction of sp³-hybridized carbons (Fsp3) is 0.400. The maximum absolute atomic E-state index is 5.56. The third-order valence-electron chi connectivity index (χ3n) is 2.48. The van der Waals surface area contributed by atoms with Crippen molar-refractivity contribution in [3.05, 3.63) is 23.7 Å². The molecule has 0 bridgehead atoms. The number of guanidine groups is 1. The van der Waals surface area contributed by atoms with E-state index >= 15 is 0 Å². The maximum Gasteiger partial charge on any atom is 0.211 e. The van der Waals surface area contributed by atoms with Gasteiger partial charge in [-0.25, -0.2) is 0 Å². The van der Waals surface area contributed by atoms with Crippen LogP contribution in [0.15, 0.2) is 26.8 Å². The van der Waals surface area contributed by atoms with E-state index < -0.39 is 0 Å². The number of nitrogens with two attached hydrogens (primary N) is 2. The number of hydrogen-bond donors (Lipinski definition) is 2. The second-order valence-electron chi connectivity index (χ2n) is 3.83. The minimum atomic E-state index is -0.0613. The zero-order valence-corrected chi connectivity index (χ0v) is 8.55. The van der Waals surface area contributed by atoms with E-state index in [1.807, 2.05) is 12.1 Å². The molecule has 15 heavy (non-hydrogen) atoms. The third-order valence-corrected chi connectivity index (χ3v) is 2.48. The average Bonchev–Trinajstić information content (AvgIpc) is 2.73. The van der Waals surface area contributed by atoms with Crippen molar-refractivity contribution >= 4 is 12.2 Å². The molecule has 1 saturated carbocycles. The molecule has 1 aliphatic carbocycles. The van der Waals surface area contributed by atoms with Gasteiger partial charge in [-0.1, -0.05) is 6.92 Å². The van der Waals surface area contributed by atoms with Crippen LogP contribution in [0.5, 0.6) is 0 Å². The van der Waals surface area contributed by atoms with Gasteiger partial charge in [-0.2, -0.15) is 5.10 Å². The second-order valence-corrected chi connectivity index (χ2v) is 3.83. The number of hydrogen-bond acceptors (Lipinski definition) is 3. The van der Waals surface area contributed by atoms with Crippen LogP contribution in [0, 0.1) is 5.92 Å². The average molecular weight is 206 g/mol. The molecule has 5 nitrogen and oxygen atoms in total. The molecule has 1 fully saturated rings. The van der Waals surface area contributed by atoms with Crippen LogP contribution in [0.3, 0.4) is 0 Å². The summed E-state index contributed by atoms with van der Waals surface area (Å²) in [5.74, 6) is 2.95. The molecule has 2 rings (SSSR count). The molecule has 1 aromatic heterocycles. The third kappa shape index (κ3) is 2.37. The van der Waals surface area contributed by atoms with Gasteiger partial charge in [0.15, 0.2) is 0 Å². The van der Waals surface area contributed by atoms with Gasteiger partial charge >= 0.3 is 0 Å². The Morgan fingerprint density at radius 1 is 1.53 bits per heavy atom. The highest BCUT2D eigenvalue weighted by Gasteiger charge is 2.36. The van der Waals surface area contributed by atoms with Gasteiger partial charge in [-0.3, -0.25) is 0 Å². The van der Waals surface area contributed by atoms with E-state index in [0.717, 1.165) is 11.7 Å². The highest BCUT2D eigenvalue weighted by molar-refractivity contribution is 5.79. The van der Waals surface area contributed by atoms with Gasteiger partial charge in [0.25, 0.3) is 0 Å². The molecule has 1 heterocycles. The molecular formula is C10H14N4O. The van der Waals surface area contributed by atoms with Gasteiger partial charge in [-0.15, -0.1) is 5.10 Å². The summed E-state index contributed by atoms with van der Waals surface area (Å²) >= 11 is 0. The van der Waals surface area contributed by atoms with Crippen LogP contribution in [0.4, 0.5) is 0 Å². The molecule has 0 aliphatic heterocycles. The zero-order chi connectivity index (χ0) is 10.8. The van der Waals surface area contributed by atoms with Crippen molar-refractivity contribution in [1.82, 2.24) is 0 Å². The Bertz CT molecular complexity index is 403. The lowest BCUT2D eigenvalue weighted by atomic mass is 10.3. The Kier molecular flexibility index (Phi) is 2.45. The molecule has 0 spiro atoms. The van der Waals surface area contributed by atoms with Crippen LogP contribution >= 0.6 is 0 Å². The van der Waals surface area contributed by atoms with E-state index in [9.17, 15) is 0 Å². The molecule has 1 aromatic rings. The van der Waals surface area contributed by atoms with E-state index in [0.29, 0.717) is 11.7 Å². The Morgan fingerprint density at radius 2 is 2.27 bits per heavy atom. The van der Waals surface area contributed by atoms with Gasteiger partial charge in [0.1, 0.15) is 11.5 Å². The lowest BCUT2D eigenvalue weighted by molar-refractivity contribution is 0.500. The largest absolute Gasteiger partial charge is 0.460 e. The molecule has 80 valence electrons. The first kappa shape index (κ1) is 9.76. The fourth-order valence-corrected chi connectivity index (χ4v) is 1.51. The standard InChI is InChI=1S/C10H14N4O/c1-6-4-8(6)9-3-2-7(15-9)5-13-14-10(11)12/h2-3,5-6,8H,4H2,1H3,(H4,11,12,14). The summed E-state index contributed by atoms with van der Waals surface area (Å²) < 4.78 is 5.56. The van der Waals surface area contributed by atoms with E-state index in [2.05, 4.69) is 17.1 Å². The second kappa shape index (κ2) is 3.76. The predicted molar refractivity (Wildman–Crippen MR) is 58.6 cm³/mol. The number of nitrogens with zero attached hydrogens (tertiary/aromatic N) is 2. The first-order valence-electron chi connectivity index (χ1n) is 4.88. The molecule has 0 saturated heterocycles. The minimum absolute atomic E-state index is 0.0613. The van der Waals surface area contributed by atoms with Crippen LogP contribution < -0.4 is 11.5 Å². The lowest BCUT2D eigenvalue weighted by Crippen LogP contribution is -2.21. The van der Waals surface area contributed by atoms with Crippen LogP contribution in [-0.2, 0) is 0 Å². The summed E-state index contributed by atoms with van der Waals surface area (Å²) in [5.41, 5.74) is 10.2. The SMILES string of the molecule is CC1CC1c1ccc(C=NN=C(N)N)o1.